The highest BCUT2D eigenvalue weighted by atomic mass is 127. The van der Waals surface area contributed by atoms with Crippen LogP contribution in [0.3, 0.4) is 0 Å². The molecule has 1 amide bonds. The van der Waals surface area contributed by atoms with E-state index in [9.17, 15) is 4.79 Å². The smallest absolute Gasteiger partial charge is 0.307 e. The summed E-state index contributed by atoms with van der Waals surface area (Å²) in [4.78, 5) is 12.6. The first-order chi connectivity index (χ1) is 20.3. The van der Waals surface area contributed by atoms with Gasteiger partial charge in [-0.3, -0.25) is 4.79 Å². The van der Waals surface area contributed by atoms with E-state index in [-0.39, 0.29) is 12.4 Å². The van der Waals surface area contributed by atoms with Gasteiger partial charge in [0.15, 0.2) is 5.76 Å². The Kier molecular flexibility index (Phi) is 9.91. The van der Waals surface area contributed by atoms with E-state index in [4.69, 9.17) is 25.5 Å². The Balaban J connectivity index is 1.13. The second-order valence-corrected chi connectivity index (χ2v) is 12.1. The molecule has 0 radical (unpaired) electrons. The zero-order valence-electron chi connectivity index (χ0n) is 22.7. The van der Waals surface area contributed by atoms with Gasteiger partial charge in [0.25, 0.3) is 0 Å². The van der Waals surface area contributed by atoms with Gasteiger partial charge >= 0.3 is 5.91 Å². The van der Waals surface area contributed by atoms with Crippen molar-refractivity contribution in [1.82, 2.24) is 9.99 Å². The van der Waals surface area contributed by atoms with E-state index in [0.717, 1.165) is 29.7 Å². The van der Waals surface area contributed by atoms with Crippen LogP contribution in [0.25, 0.3) is 5.69 Å². The number of aromatic nitrogens is 1. The minimum Gasteiger partial charge on any atom is -0.487 e. The Hall–Kier alpha value is -3.29. The number of carbonyl (C=O) groups excluding carboxylic acids is 1. The molecule has 2 aromatic heterocycles. The first kappa shape index (κ1) is 30.2. The number of carbonyl (C=O) groups is 1. The number of hydrogen-bond donors (Lipinski definition) is 1. The molecule has 0 aliphatic carbocycles. The summed E-state index contributed by atoms with van der Waals surface area (Å²) in [5, 5.41) is 4.77. The van der Waals surface area contributed by atoms with Gasteiger partial charge in [-0.1, -0.05) is 29.8 Å². The van der Waals surface area contributed by atoms with Gasteiger partial charge in [-0.25, -0.2) is 5.43 Å². The number of aryl methyl sites for hydroxylation is 2. The number of amides is 1. The fourth-order valence-electron chi connectivity index (χ4n) is 4.28. The summed E-state index contributed by atoms with van der Waals surface area (Å²) in [5.74, 6) is 1.69. The Morgan fingerprint density at radius 1 is 0.929 bits per heavy atom. The maximum absolute atomic E-state index is 12.6. The molecular weight excluding hydrogens is 780 g/mol. The summed E-state index contributed by atoms with van der Waals surface area (Å²) in [5.41, 5.74) is 7.66. The van der Waals surface area contributed by atoms with Crippen molar-refractivity contribution < 1.29 is 18.7 Å². The van der Waals surface area contributed by atoms with Gasteiger partial charge in [0.1, 0.15) is 30.5 Å². The number of furan rings is 1. The SMILES string of the molecule is Cc1ccc(C)n1-c1ccc(OCc2ccc(C(=O)N/N=C/c3cc(I)c(OCc4ccccc4Cl)c(I)c3)o2)cc1. The van der Waals surface area contributed by atoms with Crippen LogP contribution in [0.4, 0.5) is 0 Å². The summed E-state index contributed by atoms with van der Waals surface area (Å²) in [6.07, 6.45) is 1.58. The topological polar surface area (TPSA) is 78.0 Å². The van der Waals surface area contributed by atoms with E-state index < -0.39 is 5.91 Å². The lowest BCUT2D eigenvalue weighted by atomic mass is 10.2. The second kappa shape index (κ2) is 13.8. The largest absolute Gasteiger partial charge is 0.487 e. The second-order valence-electron chi connectivity index (χ2n) is 9.39. The van der Waals surface area contributed by atoms with Gasteiger partial charge in [0.05, 0.1) is 13.4 Å². The van der Waals surface area contributed by atoms with Gasteiger partial charge in [-0.2, -0.15) is 5.10 Å². The number of ether oxygens (including phenoxy) is 2. The quantitative estimate of drug-likeness (QED) is 0.0874. The average molecular weight is 806 g/mol. The first-order valence-electron chi connectivity index (χ1n) is 12.9. The monoisotopic (exact) mass is 805 g/mol. The molecule has 214 valence electrons. The van der Waals surface area contributed by atoms with Crippen molar-refractivity contribution in [2.45, 2.75) is 27.1 Å². The van der Waals surface area contributed by atoms with Crippen molar-refractivity contribution in [1.29, 1.82) is 0 Å². The molecule has 10 heteroatoms. The van der Waals surface area contributed by atoms with E-state index in [2.05, 4.69) is 86.3 Å². The van der Waals surface area contributed by atoms with Crippen molar-refractivity contribution >= 4 is 68.9 Å². The molecule has 5 rings (SSSR count). The summed E-state index contributed by atoms with van der Waals surface area (Å²) in [6.45, 7) is 4.71. The summed E-state index contributed by atoms with van der Waals surface area (Å²) >= 11 is 10.7. The molecule has 2 heterocycles. The normalized spacial score (nSPS) is 11.2. The molecule has 0 bridgehead atoms. The highest BCUT2D eigenvalue weighted by Crippen LogP contribution is 2.30. The van der Waals surface area contributed by atoms with Crippen LogP contribution in [0.15, 0.2) is 94.4 Å². The van der Waals surface area contributed by atoms with E-state index in [1.807, 2.05) is 60.7 Å². The molecule has 1 N–H and O–H groups in total. The molecule has 0 fully saturated rings. The first-order valence-corrected chi connectivity index (χ1v) is 15.5. The Labute approximate surface area is 276 Å². The third-order valence-corrected chi connectivity index (χ3v) is 8.33. The fraction of sp³-hybridized carbons (Fsp3) is 0.125. The Bertz CT molecular complexity index is 1700. The number of hydrazone groups is 1. The molecule has 42 heavy (non-hydrogen) atoms. The molecule has 0 unspecified atom stereocenters. The third kappa shape index (κ3) is 7.37. The molecule has 5 aromatic rings. The van der Waals surface area contributed by atoms with Crippen LogP contribution >= 0.6 is 56.8 Å². The highest BCUT2D eigenvalue weighted by molar-refractivity contribution is 14.1. The lowest BCUT2D eigenvalue weighted by Gasteiger charge is -2.12. The van der Waals surface area contributed by atoms with Gasteiger partial charge in [0.2, 0.25) is 0 Å². The van der Waals surface area contributed by atoms with Crippen LogP contribution < -0.4 is 14.9 Å². The maximum atomic E-state index is 12.6. The highest BCUT2D eigenvalue weighted by Gasteiger charge is 2.13. The number of hydrogen-bond acceptors (Lipinski definition) is 5. The van der Waals surface area contributed by atoms with Crippen molar-refractivity contribution in [2.24, 2.45) is 5.10 Å². The predicted octanol–water partition coefficient (Wildman–Crippen LogP) is 8.47. The molecular formula is C32H26ClI2N3O4. The average Bonchev–Trinajstić information content (AvgIpc) is 3.58. The predicted molar refractivity (Wildman–Crippen MR) is 181 cm³/mol. The molecule has 0 spiro atoms. The summed E-state index contributed by atoms with van der Waals surface area (Å²) in [6, 6.07) is 26.8. The minimum absolute atomic E-state index is 0.145. The number of nitrogens with one attached hydrogen (secondary N) is 1. The Morgan fingerprint density at radius 3 is 2.31 bits per heavy atom. The van der Waals surface area contributed by atoms with Gasteiger partial charge in [0, 0.05) is 27.7 Å². The van der Waals surface area contributed by atoms with E-state index in [1.54, 1.807) is 18.3 Å². The van der Waals surface area contributed by atoms with Crippen molar-refractivity contribution in [2.75, 3.05) is 0 Å². The number of rotatable bonds is 10. The minimum atomic E-state index is -0.455. The van der Waals surface area contributed by atoms with Crippen LogP contribution in [0, 0.1) is 21.0 Å². The molecule has 3 aromatic carbocycles. The van der Waals surface area contributed by atoms with Crippen molar-refractivity contribution in [3.8, 4) is 17.2 Å². The number of benzene rings is 3. The Morgan fingerprint density at radius 2 is 1.62 bits per heavy atom. The molecule has 0 aliphatic heterocycles. The number of nitrogens with zero attached hydrogens (tertiary/aromatic N) is 2. The van der Waals surface area contributed by atoms with Crippen LogP contribution in [0.1, 0.15) is 38.8 Å². The molecule has 0 saturated heterocycles. The number of halogens is 3. The van der Waals surface area contributed by atoms with Crippen molar-refractivity contribution in [3.63, 3.8) is 0 Å². The van der Waals surface area contributed by atoms with Crippen LogP contribution in [0.5, 0.6) is 11.5 Å². The maximum Gasteiger partial charge on any atom is 0.307 e. The zero-order chi connectivity index (χ0) is 29.6. The van der Waals surface area contributed by atoms with E-state index in [1.165, 1.54) is 11.4 Å². The lowest BCUT2D eigenvalue weighted by Crippen LogP contribution is -2.16. The van der Waals surface area contributed by atoms with Crippen LogP contribution in [-0.2, 0) is 13.2 Å². The molecule has 0 saturated carbocycles. The standard InChI is InChI=1S/C32H26ClI2N3O4/c1-20-7-8-21(2)38(20)24-9-11-25(12-10-24)40-19-26-13-14-30(42-26)32(39)37-36-17-22-15-28(34)31(29(35)16-22)41-18-23-5-3-4-6-27(23)33/h3-17H,18-19H2,1-2H3,(H,37,39)/b36-17+. The van der Waals surface area contributed by atoms with Gasteiger partial charge < -0.3 is 18.5 Å². The lowest BCUT2D eigenvalue weighted by molar-refractivity contribution is 0.0923. The van der Waals surface area contributed by atoms with E-state index >= 15 is 0 Å². The molecule has 0 aliphatic rings. The zero-order valence-corrected chi connectivity index (χ0v) is 27.8. The molecule has 7 nitrogen and oxygen atoms in total. The fourth-order valence-corrected chi connectivity index (χ4v) is 6.59. The van der Waals surface area contributed by atoms with E-state index in [0.29, 0.717) is 23.1 Å². The van der Waals surface area contributed by atoms with Crippen LogP contribution in [-0.4, -0.2) is 16.7 Å². The van der Waals surface area contributed by atoms with Gasteiger partial charge in [-0.15, -0.1) is 0 Å². The summed E-state index contributed by atoms with van der Waals surface area (Å²) < 4.78 is 21.6. The van der Waals surface area contributed by atoms with Gasteiger partial charge in [-0.05, 0) is 131 Å². The molecule has 0 atom stereocenters. The van der Waals surface area contributed by atoms with Crippen molar-refractivity contribution in [3.05, 3.63) is 131 Å². The summed E-state index contributed by atoms with van der Waals surface area (Å²) in [7, 11) is 0. The van der Waals surface area contributed by atoms with Crippen LogP contribution in [0.2, 0.25) is 5.02 Å². The third-order valence-electron chi connectivity index (χ3n) is 6.36.